The van der Waals surface area contributed by atoms with Gasteiger partial charge in [0.15, 0.2) is 5.82 Å². The van der Waals surface area contributed by atoms with E-state index in [2.05, 4.69) is 29.3 Å². The van der Waals surface area contributed by atoms with E-state index in [0.717, 1.165) is 46.7 Å². The van der Waals surface area contributed by atoms with Crippen LogP contribution in [0.15, 0.2) is 41.8 Å². The van der Waals surface area contributed by atoms with Gasteiger partial charge in [0.1, 0.15) is 5.82 Å². The lowest BCUT2D eigenvalue weighted by molar-refractivity contribution is -0.121. The topological polar surface area (TPSA) is 58.1 Å². The van der Waals surface area contributed by atoms with Crippen LogP contribution < -0.4 is 10.2 Å². The molecule has 1 saturated carbocycles. The summed E-state index contributed by atoms with van der Waals surface area (Å²) in [5, 5.41) is 6.17. The quantitative estimate of drug-likeness (QED) is 0.605. The average molecular weight is 395 g/mol. The normalized spacial score (nSPS) is 14.8. The second-order valence-corrected chi connectivity index (χ2v) is 8.36. The first-order chi connectivity index (χ1) is 13.7. The molecule has 0 saturated heterocycles. The number of rotatable bonds is 8. The third-order valence-corrected chi connectivity index (χ3v) is 6.05. The molecule has 1 unspecified atom stereocenters. The van der Waals surface area contributed by atoms with Gasteiger partial charge in [-0.15, -0.1) is 11.3 Å². The molecular formula is C22H26N4OS. The van der Waals surface area contributed by atoms with Crippen molar-refractivity contribution in [2.24, 2.45) is 0 Å². The van der Waals surface area contributed by atoms with E-state index in [4.69, 9.17) is 9.97 Å². The summed E-state index contributed by atoms with van der Waals surface area (Å²) in [5.41, 5.74) is 0.950. The van der Waals surface area contributed by atoms with Crippen LogP contribution in [0, 0.1) is 0 Å². The zero-order chi connectivity index (χ0) is 19.5. The Balaban J connectivity index is 1.65. The van der Waals surface area contributed by atoms with Crippen molar-refractivity contribution >= 4 is 34.0 Å². The molecule has 0 radical (unpaired) electrons. The minimum absolute atomic E-state index is 0.108. The lowest BCUT2D eigenvalue weighted by atomic mass is 10.2. The molecule has 146 valence electrons. The van der Waals surface area contributed by atoms with Gasteiger partial charge in [-0.3, -0.25) is 4.79 Å². The maximum Gasteiger partial charge on any atom is 0.221 e. The number of thiophene rings is 1. The summed E-state index contributed by atoms with van der Waals surface area (Å²) < 4.78 is 0. The fourth-order valence-corrected chi connectivity index (χ4v) is 3.97. The monoisotopic (exact) mass is 394 g/mol. The molecule has 6 heteroatoms. The summed E-state index contributed by atoms with van der Waals surface area (Å²) in [5.74, 6) is 1.82. The molecule has 0 aliphatic heterocycles. The van der Waals surface area contributed by atoms with Gasteiger partial charge in [-0.25, -0.2) is 9.97 Å². The molecule has 0 spiro atoms. The van der Waals surface area contributed by atoms with Crippen molar-refractivity contribution in [2.75, 3.05) is 11.4 Å². The van der Waals surface area contributed by atoms with Gasteiger partial charge < -0.3 is 10.2 Å². The fourth-order valence-electron chi connectivity index (χ4n) is 3.31. The second kappa shape index (κ2) is 8.27. The minimum atomic E-state index is 0.108. The van der Waals surface area contributed by atoms with Gasteiger partial charge >= 0.3 is 0 Å². The predicted octanol–water partition coefficient (Wildman–Crippen LogP) is 4.63. The molecule has 4 rings (SSSR count). The van der Waals surface area contributed by atoms with Crippen molar-refractivity contribution < 1.29 is 4.79 Å². The van der Waals surface area contributed by atoms with E-state index in [1.54, 1.807) is 11.3 Å². The maximum atomic E-state index is 12.3. The first-order valence-electron chi connectivity index (χ1n) is 10.0. The molecular weight excluding hydrogens is 368 g/mol. The van der Waals surface area contributed by atoms with Crippen molar-refractivity contribution in [1.29, 1.82) is 0 Å². The summed E-state index contributed by atoms with van der Waals surface area (Å²) in [4.78, 5) is 25.5. The Labute approximate surface area is 169 Å². The highest BCUT2D eigenvalue weighted by Crippen LogP contribution is 2.36. The number of fused-ring (bicyclic) bond motifs is 1. The van der Waals surface area contributed by atoms with Crippen molar-refractivity contribution in [3.63, 3.8) is 0 Å². The number of aromatic nitrogens is 2. The van der Waals surface area contributed by atoms with Crippen LogP contribution in [0.3, 0.4) is 0 Å². The summed E-state index contributed by atoms with van der Waals surface area (Å²) in [6.45, 7) is 4.81. The molecule has 1 atom stereocenters. The number of para-hydroxylation sites is 1. The average Bonchev–Trinajstić information content (AvgIpc) is 3.39. The molecule has 0 bridgehead atoms. The maximum absolute atomic E-state index is 12.3. The Morgan fingerprint density at radius 3 is 2.79 bits per heavy atom. The first-order valence-corrected chi connectivity index (χ1v) is 10.9. The van der Waals surface area contributed by atoms with Gasteiger partial charge in [0.25, 0.3) is 0 Å². The third-order valence-electron chi connectivity index (χ3n) is 5.18. The molecule has 1 fully saturated rings. The summed E-state index contributed by atoms with van der Waals surface area (Å²) >= 11 is 1.65. The third kappa shape index (κ3) is 4.17. The second-order valence-electron chi connectivity index (χ2n) is 7.42. The lowest BCUT2D eigenvalue weighted by Gasteiger charge is -2.25. The predicted molar refractivity (Wildman–Crippen MR) is 116 cm³/mol. The minimum Gasteiger partial charge on any atom is -0.354 e. The number of anilines is 1. The highest BCUT2D eigenvalue weighted by atomic mass is 32.1. The zero-order valence-electron chi connectivity index (χ0n) is 16.4. The van der Waals surface area contributed by atoms with Gasteiger partial charge in [-0.05, 0) is 49.8 Å². The Kier molecular flexibility index (Phi) is 5.57. The number of amides is 1. The number of carbonyl (C=O) groups is 1. The van der Waals surface area contributed by atoms with E-state index >= 15 is 0 Å². The fraction of sp³-hybridized carbons (Fsp3) is 0.409. The zero-order valence-corrected chi connectivity index (χ0v) is 17.2. The Hall–Kier alpha value is -2.47. The molecule has 1 aliphatic carbocycles. The molecule has 1 aromatic carbocycles. The molecule has 1 N–H and O–H groups in total. The van der Waals surface area contributed by atoms with Crippen LogP contribution in [0.1, 0.15) is 39.5 Å². The Morgan fingerprint density at radius 1 is 1.25 bits per heavy atom. The number of hydrogen-bond acceptors (Lipinski definition) is 5. The summed E-state index contributed by atoms with van der Waals surface area (Å²) in [7, 11) is 0. The number of hydrogen-bond donors (Lipinski definition) is 1. The number of carbonyl (C=O) groups excluding carboxylic acids is 1. The molecule has 1 aliphatic rings. The number of nitrogens with one attached hydrogen (secondary N) is 1. The van der Waals surface area contributed by atoms with Gasteiger partial charge in [0, 0.05) is 30.4 Å². The van der Waals surface area contributed by atoms with Gasteiger partial charge in [0.05, 0.1) is 10.4 Å². The van der Waals surface area contributed by atoms with Gasteiger partial charge in [0.2, 0.25) is 5.91 Å². The van der Waals surface area contributed by atoms with Crippen LogP contribution in [0.25, 0.3) is 21.6 Å². The Morgan fingerprint density at radius 2 is 2.07 bits per heavy atom. The molecule has 28 heavy (non-hydrogen) atoms. The van der Waals surface area contributed by atoms with Crippen molar-refractivity contribution in [1.82, 2.24) is 15.3 Å². The number of benzene rings is 1. The first kappa shape index (κ1) is 18.9. The van der Waals surface area contributed by atoms with Gasteiger partial charge in [-0.1, -0.05) is 25.1 Å². The molecule has 2 aromatic heterocycles. The smallest absolute Gasteiger partial charge is 0.221 e. The molecule has 3 aromatic rings. The standard InChI is InChI=1S/C22H26N4OS/c1-3-15(2)23-20(27)12-13-26(16-10-11-16)22-17-7-4-5-8-18(17)24-21(25-22)19-9-6-14-28-19/h4-9,14-16H,3,10-13H2,1-2H3,(H,23,27). The van der Waals surface area contributed by atoms with E-state index in [1.165, 1.54) is 0 Å². The molecule has 2 heterocycles. The summed E-state index contributed by atoms with van der Waals surface area (Å²) in [6, 6.07) is 12.9. The highest BCUT2D eigenvalue weighted by Gasteiger charge is 2.31. The van der Waals surface area contributed by atoms with Crippen molar-refractivity contribution in [3.05, 3.63) is 41.8 Å². The summed E-state index contributed by atoms with van der Waals surface area (Å²) in [6.07, 6.45) is 3.73. The van der Waals surface area contributed by atoms with E-state index in [0.29, 0.717) is 19.0 Å². The lowest BCUT2D eigenvalue weighted by Crippen LogP contribution is -2.36. The van der Waals surface area contributed by atoms with Crippen LogP contribution in [0.5, 0.6) is 0 Å². The largest absolute Gasteiger partial charge is 0.354 e. The highest BCUT2D eigenvalue weighted by molar-refractivity contribution is 7.13. The Bertz CT molecular complexity index is 952. The van der Waals surface area contributed by atoms with Crippen LogP contribution >= 0.6 is 11.3 Å². The molecule has 5 nitrogen and oxygen atoms in total. The van der Waals surface area contributed by atoms with Crippen LogP contribution in [0.2, 0.25) is 0 Å². The van der Waals surface area contributed by atoms with E-state index in [1.807, 2.05) is 36.6 Å². The van der Waals surface area contributed by atoms with Crippen LogP contribution in [-0.2, 0) is 4.79 Å². The van der Waals surface area contributed by atoms with Gasteiger partial charge in [-0.2, -0.15) is 0 Å². The van der Waals surface area contributed by atoms with E-state index in [9.17, 15) is 4.79 Å². The van der Waals surface area contributed by atoms with Crippen LogP contribution in [-0.4, -0.2) is 34.5 Å². The van der Waals surface area contributed by atoms with E-state index < -0.39 is 0 Å². The number of nitrogens with zero attached hydrogens (tertiary/aromatic N) is 3. The molecule has 1 amide bonds. The van der Waals surface area contributed by atoms with Crippen LogP contribution in [0.4, 0.5) is 5.82 Å². The van der Waals surface area contributed by atoms with Crippen molar-refractivity contribution in [3.8, 4) is 10.7 Å². The van der Waals surface area contributed by atoms with E-state index in [-0.39, 0.29) is 11.9 Å². The van der Waals surface area contributed by atoms with Crippen molar-refractivity contribution in [2.45, 2.75) is 51.6 Å². The SMILES string of the molecule is CCC(C)NC(=O)CCN(c1nc(-c2cccs2)nc2ccccc12)C1CC1.